The summed E-state index contributed by atoms with van der Waals surface area (Å²) >= 11 is 0. The molecule has 0 spiro atoms. The van der Waals surface area contributed by atoms with E-state index >= 15 is 0 Å². The minimum absolute atomic E-state index is 0.0225. The number of aryl methyl sites for hydroxylation is 2. The van der Waals surface area contributed by atoms with Crippen LogP contribution in [0.2, 0.25) is 0 Å². The molecule has 59 heavy (non-hydrogen) atoms. The van der Waals surface area contributed by atoms with E-state index in [9.17, 15) is 9.59 Å². The van der Waals surface area contributed by atoms with E-state index < -0.39 is 49.9 Å². The monoisotopic (exact) mass is 827 g/mol. The van der Waals surface area contributed by atoms with Gasteiger partial charge in [-0.15, -0.1) is 0 Å². The molecule has 1 N–H and O–H groups in total. The van der Waals surface area contributed by atoms with Crippen molar-refractivity contribution in [3.05, 3.63) is 151 Å². The van der Waals surface area contributed by atoms with Crippen LogP contribution in [-0.2, 0) is 38.3 Å². The van der Waals surface area contributed by atoms with Crippen molar-refractivity contribution in [1.29, 1.82) is 5.26 Å². The minimum atomic E-state index is -1.85. The SMILES string of the molecule is [C-]#[N+]CCOP(O[C@@H]1C(OCOCOCCC#N)[C@H](n2ccc(=O)[nH]c2=O)O[C@@H]1COC(c1ccccc1)(c1ccc(C)cc1)c1ccc(C)cc1)N(C(C)C)C(C)C. The molecule has 15 heteroatoms. The summed E-state index contributed by atoms with van der Waals surface area (Å²) in [5.74, 6) is 0. The summed E-state index contributed by atoms with van der Waals surface area (Å²) in [6.45, 7) is 19.6. The minimum Gasteiger partial charge on any atom is -0.358 e. The van der Waals surface area contributed by atoms with Crippen molar-refractivity contribution in [2.45, 2.75) is 90.2 Å². The number of nitriles is 1. The first kappa shape index (κ1) is 45.5. The van der Waals surface area contributed by atoms with Crippen LogP contribution in [0.15, 0.2) is 101 Å². The highest BCUT2D eigenvalue weighted by atomic mass is 31.2. The topological polar surface area (TPSA) is 151 Å². The maximum absolute atomic E-state index is 13.4. The Morgan fingerprint density at radius 2 is 1.51 bits per heavy atom. The molecule has 1 saturated heterocycles. The Bertz CT molecular complexity index is 2050. The van der Waals surface area contributed by atoms with Gasteiger partial charge in [-0.3, -0.25) is 14.3 Å². The number of nitrogens with one attached hydrogen (secondary N) is 1. The first-order chi connectivity index (χ1) is 28.5. The Balaban J connectivity index is 1.63. The van der Waals surface area contributed by atoms with Gasteiger partial charge >= 0.3 is 5.69 Å². The molecule has 5 rings (SSSR count). The summed E-state index contributed by atoms with van der Waals surface area (Å²) in [5, 5.41) is 8.89. The molecule has 3 aromatic carbocycles. The number of ether oxygens (including phenoxy) is 5. The molecule has 4 aromatic rings. The molecular formula is C44H54N5O9P. The van der Waals surface area contributed by atoms with Crippen LogP contribution in [0.1, 0.15) is 68.2 Å². The lowest BCUT2D eigenvalue weighted by molar-refractivity contribution is -0.174. The van der Waals surface area contributed by atoms with Crippen LogP contribution in [-0.4, -0.2) is 84.6 Å². The van der Waals surface area contributed by atoms with E-state index in [0.717, 1.165) is 27.8 Å². The zero-order valence-electron chi connectivity index (χ0n) is 34.5. The largest absolute Gasteiger partial charge is 0.358 e. The molecule has 0 bridgehead atoms. The van der Waals surface area contributed by atoms with Crippen molar-refractivity contribution in [2.75, 3.05) is 40.0 Å². The van der Waals surface area contributed by atoms with Gasteiger partial charge in [0.2, 0.25) is 6.54 Å². The van der Waals surface area contributed by atoms with Gasteiger partial charge in [0, 0.05) is 24.3 Å². The third kappa shape index (κ3) is 11.6. The van der Waals surface area contributed by atoms with Crippen LogP contribution in [0.25, 0.3) is 4.85 Å². The highest BCUT2D eigenvalue weighted by Crippen LogP contribution is 2.51. The van der Waals surface area contributed by atoms with Gasteiger partial charge in [0.1, 0.15) is 44.1 Å². The van der Waals surface area contributed by atoms with E-state index in [0.29, 0.717) is 0 Å². The first-order valence-electron chi connectivity index (χ1n) is 19.7. The fourth-order valence-electron chi connectivity index (χ4n) is 6.99. The zero-order chi connectivity index (χ0) is 42.4. The molecule has 5 atom stereocenters. The fraction of sp³-hybridized carbons (Fsp3) is 0.455. The molecule has 1 fully saturated rings. The van der Waals surface area contributed by atoms with Crippen molar-refractivity contribution < 1.29 is 32.7 Å². The molecule has 1 aliphatic heterocycles. The summed E-state index contributed by atoms with van der Waals surface area (Å²) in [6.07, 6.45) is -2.45. The molecule has 314 valence electrons. The summed E-state index contributed by atoms with van der Waals surface area (Å²) < 4.78 is 48.3. The van der Waals surface area contributed by atoms with E-state index in [1.807, 2.05) is 77.9 Å². The molecule has 0 amide bonds. The molecule has 14 nitrogen and oxygen atoms in total. The predicted molar refractivity (Wildman–Crippen MR) is 223 cm³/mol. The van der Waals surface area contributed by atoms with Crippen LogP contribution in [0.3, 0.4) is 0 Å². The van der Waals surface area contributed by atoms with Crippen LogP contribution in [0.4, 0.5) is 0 Å². The van der Waals surface area contributed by atoms with E-state index in [-0.39, 0.29) is 58.5 Å². The molecule has 0 radical (unpaired) electrons. The standard InChI is InChI=1S/C44H54N5O9P/c1-31(2)49(32(3)4)59(56-27-24-46-7)58-40-38(57-42(48-25-22-39(50)47-43(48)51)41(40)54-30-53-29-52-26-11-23-45)28-55-44(35-12-9-8-10-13-35,36-18-14-33(5)15-19-36)37-20-16-34(6)17-21-37/h8-10,12-22,25,31-32,38,40-42H,11,24,26-30H2,1-6H3,(H,47,50,51)/t38-,40+,41?,42-,59?/m1/s1. The van der Waals surface area contributed by atoms with Crippen molar-refractivity contribution >= 4 is 8.53 Å². The smallest absolute Gasteiger partial charge is 0.330 e. The Morgan fingerprint density at radius 1 is 0.881 bits per heavy atom. The summed E-state index contributed by atoms with van der Waals surface area (Å²) in [7, 11) is -1.85. The van der Waals surface area contributed by atoms with Gasteiger partial charge in [0.15, 0.2) is 6.23 Å². The van der Waals surface area contributed by atoms with Gasteiger partial charge in [-0.1, -0.05) is 90.0 Å². The number of hydrogen-bond donors (Lipinski definition) is 1. The average Bonchev–Trinajstić information content (AvgIpc) is 3.54. The second kappa shape index (κ2) is 22.2. The zero-order valence-corrected chi connectivity index (χ0v) is 35.4. The van der Waals surface area contributed by atoms with Gasteiger partial charge in [-0.05, 0) is 58.2 Å². The Labute approximate surface area is 347 Å². The highest BCUT2D eigenvalue weighted by molar-refractivity contribution is 7.44. The third-order valence-electron chi connectivity index (χ3n) is 9.70. The molecule has 2 heterocycles. The van der Waals surface area contributed by atoms with Crippen LogP contribution in [0, 0.1) is 31.8 Å². The Morgan fingerprint density at radius 3 is 2.08 bits per heavy atom. The van der Waals surface area contributed by atoms with Crippen molar-refractivity contribution in [2.24, 2.45) is 0 Å². The van der Waals surface area contributed by atoms with Crippen LogP contribution < -0.4 is 11.2 Å². The number of rotatable bonds is 22. The van der Waals surface area contributed by atoms with E-state index in [2.05, 4.69) is 63.0 Å². The quantitative estimate of drug-likeness (QED) is 0.0288. The average molecular weight is 828 g/mol. The van der Waals surface area contributed by atoms with Crippen LogP contribution in [0.5, 0.6) is 0 Å². The highest BCUT2D eigenvalue weighted by Gasteiger charge is 2.51. The van der Waals surface area contributed by atoms with Gasteiger partial charge in [0.05, 0.1) is 25.7 Å². The fourth-order valence-corrected chi connectivity index (χ4v) is 8.75. The lowest BCUT2D eigenvalue weighted by atomic mass is 9.79. The molecular weight excluding hydrogens is 773 g/mol. The number of aromatic amines is 1. The van der Waals surface area contributed by atoms with Crippen molar-refractivity contribution in [3.8, 4) is 6.07 Å². The van der Waals surface area contributed by atoms with Gasteiger partial charge in [-0.25, -0.2) is 16.0 Å². The van der Waals surface area contributed by atoms with E-state index in [4.69, 9.17) is 44.6 Å². The molecule has 2 unspecified atom stereocenters. The first-order valence-corrected chi connectivity index (χ1v) is 20.8. The number of aromatic nitrogens is 2. The normalized spacial score (nSPS) is 18.6. The van der Waals surface area contributed by atoms with Crippen molar-refractivity contribution in [1.82, 2.24) is 14.2 Å². The van der Waals surface area contributed by atoms with Gasteiger partial charge < -0.3 is 37.6 Å². The molecule has 0 aliphatic carbocycles. The predicted octanol–water partition coefficient (Wildman–Crippen LogP) is 6.97. The molecule has 0 saturated carbocycles. The second-order valence-electron chi connectivity index (χ2n) is 14.7. The molecule has 1 aromatic heterocycles. The Kier molecular flexibility index (Phi) is 17.1. The number of nitrogens with zero attached hydrogens (tertiary/aromatic N) is 4. The second-order valence-corrected chi connectivity index (χ2v) is 16.1. The summed E-state index contributed by atoms with van der Waals surface area (Å²) in [4.78, 5) is 31.5. The van der Waals surface area contributed by atoms with Gasteiger partial charge in [0.25, 0.3) is 14.1 Å². The maximum Gasteiger partial charge on any atom is 0.330 e. The van der Waals surface area contributed by atoms with Crippen molar-refractivity contribution in [3.63, 3.8) is 0 Å². The summed E-state index contributed by atoms with van der Waals surface area (Å²) in [5.41, 5.74) is 2.41. The molecule has 1 aliphatic rings. The number of benzene rings is 3. The number of hydrogen-bond acceptors (Lipinski definition) is 11. The lowest BCUT2D eigenvalue weighted by Crippen LogP contribution is -2.43. The maximum atomic E-state index is 13.4. The summed E-state index contributed by atoms with van der Waals surface area (Å²) in [6, 6.07) is 29.6. The van der Waals surface area contributed by atoms with Gasteiger partial charge in [-0.2, -0.15) is 5.26 Å². The van der Waals surface area contributed by atoms with Crippen LogP contribution >= 0.6 is 8.53 Å². The van der Waals surface area contributed by atoms with E-state index in [1.165, 1.54) is 16.8 Å². The lowest BCUT2D eigenvalue weighted by Gasteiger charge is -2.39. The number of H-pyrrole nitrogens is 1. The Hall–Kier alpha value is -4.57. The van der Waals surface area contributed by atoms with E-state index in [1.54, 1.807) is 0 Å². The third-order valence-corrected chi connectivity index (χ3v) is 11.8.